The Labute approximate surface area is 172 Å². The molecule has 162 valence electrons. The summed E-state index contributed by atoms with van der Waals surface area (Å²) >= 11 is 0. The number of sulfonamides is 1. The lowest BCUT2D eigenvalue weighted by Crippen LogP contribution is -2.47. The predicted molar refractivity (Wildman–Crippen MR) is 106 cm³/mol. The van der Waals surface area contributed by atoms with Crippen LogP contribution in [0.3, 0.4) is 0 Å². The lowest BCUT2D eigenvalue weighted by atomic mass is 9.95. The van der Waals surface area contributed by atoms with Gasteiger partial charge in [-0.25, -0.2) is 13.2 Å². The second-order valence-corrected chi connectivity index (χ2v) is 9.45. The van der Waals surface area contributed by atoms with Gasteiger partial charge in [0.25, 0.3) is 10.0 Å². The zero-order valence-corrected chi connectivity index (χ0v) is 17.9. The second-order valence-electron chi connectivity index (χ2n) is 7.58. The molecule has 0 unspecified atom stereocenters. The summed E-state index contributed by atoms with van der Waals surface area (Å²) in [5, 5.41) is -0.272. The highest BCUT2D eigenvalue weighted by molar-refractivity contribution is 7.89. The Kier molecular flexibility index (Phi) is 7.00. The zero-order chi connectivity index (χ0) is 21.0. The number of carbonyl (C=O) groups is 2. The van der Waals surface area contributed by atoms with Gasteiger partial charge in [0.05, 0.1) is 6.61 Å². The average molecular weight is 427 g/mol. The molecule has 0 aromatic carbocycles. The van der Waals surface area contributed by atoms with Gasteiger partial charge in [-0.3, -0.25) is 4.79 Å². The lowest BCUT2D eigenvalue weighted by molar-refractivity contribution is -0.138. The van der Waals surface area contributed by atoms with E-state index in [2.05, 4.69) is 0 Å². The second kappa shape index (κ2) is 9.30. The number of rotatable bonds is 7. The first kappa shape index (κ1) is 21.8. The van der Waals surface area contributed by atoms with Crippen LogP contribution in [0.25, 0.3) is 0 Å². The molecule has 1 aliphatic carbocycles. The Morgan fingerprint density at radius 2 is 1.79 bits per heavy atom. The van der Waals surface area contributed by atoms with Gasteiger partial charge in [0.15, 0.2) is 0 Å². The minimum atomic E-state index is -3.85. The summed E-state index contributed by atoms with van der Waals surface area (Å²) in [6.07, 6.45) is 5.45. The van der Waals surface area contributed by atoms with E-state index >= 15 is 0 Å². The fourth-order valence-corrected chi connectivity index (χ4v) is 5.67. The van der Waals surface area contributed by atoms with Crippen LogP contribution in [0, 0.1) is 5.92 Å². The SMILES string of the molecule is CCOC(=O)c1ccc(S(=O)(=O)N2CCC(C(=O)N(CC)C3CCCC3)CC2)o1. The number of furan rings is 1. The molecule has 1 aliphatic heterocycles. The fourth-order valence-electron chi connectivity index (χ4n) is 4.29. The monoisotopic (exact) mass is 426 g/mol. The molecule has 0 atom stereocenters. The molecule has 1 saturated heterocycles. The highest BCUT2D eigenvalue weighted by Gasteiger charge is 2.37. The molecule has 3 rings (SSSR count). The van der Waals surface area contributed by atoms with Crippen molar-refractivity contribution in [2.24, 2.45) is 5.92 Å². The Balaban J connectivity index is 1.62. The third-order valence-electron chi connectivity index (χ3n) is 5.84. The van der Waals surface area contributed by atoms with Crippen LogP contribution >= 0.6 is 0 Å². The van der Waals surface area contributed by atoms with Crippen molar-refractivity contribution in [2.75, 3.05) is 26.2 Å². The molecule has 1 aromatic heterocycles. The summed E-state index contributed by atoms with van der Waals surface area (Å²) in [6, 6.07) is 2.92. The van der Waals surface area contributed by atoms with Gasteiger partial charge in [0, 0.05) is 31.6 Å². The lowest BCUT2D eigenvalue weighted by Gasteiger charge is -2.35. The van der Waals surface area contributed by atoms with Crippen molar-refractivity contribution >= 4 is 21.9 Å². The molecule has 2 fully saturated rings. The van der Waals surface area contributed by atoms with Crippen LogP contribution in [0.1, 0.15) is 62.9 Å². The van der Waals surface area contributed by atoms with Gasteiger partial charge in [-0.05, 0) is 51.7 Å². The number of ether oxygens (including phenoxy) is 1. The summed E-state index contributed by atoms with van der Waals surface area (Å²) in [5.74, 6) is -0.816. The van der Waals surface area contributed by atoms with Crippen LogP contribution in [0.2, 0.25) is 0 Å². The molecule has 2 aliphatic rings. The zero-order valence-electron chi connectivity index (χ0n) is 17.1. The van der Waals surface area contributed by atoms with Gasteiger partial charge in [-0.2, -0.15) is 4.31 Å². The molecular weight excluding hydrogens is 396 g/mol. The number of hydrogen-bond acceptors (Lipinski definition) is 6. The third-order valence-corrected chi connectivity index (χ3v) is 7.62. The van der Waals surface area contributed by atoms with E-state index < -0.39 is 16.0 Å². The molecule has 0 radical (unpaired) electrons. The van der Waals surface area contributed by atoms with E-state index in [1.807, 2.05) is 11.8 Å². The number of amides is 1. The van der Waals surface area contributed by atoms with Gasteiger partial charge in [0.1, 0.15) is 0 Å². The van der Waals surface area contributed by atoms with E-state index in [1.165, 1.54) is 29.3 Å². The molecular formula is C20H30N2O6S. The van der Waals surface area contributed by atoms with Crippen molar-refractivity contribution in [2.45, 2.75) is 63.5 Å². The van der Waals surface area contributed by atoms with E-state index in [4.69, 9.17) is 9.15 Å². The molecule has 0 spiro atoms. The molecule has 9 heteroatoms. The van der Waals surface area contributed by atoms with Crippen molar-refractivity contribution in [3.05, 3.63) is 17.9 Å². The maximum absolute atomic E-state index is 13.0. The number of carbonyl (C=O) groups excluding carboxylic acids is 2. The molecule has 1 aromatic rings. The van der Waals surface area contributed by atoms with Gasteiger partial charge < -0.3 is 14.1 Å². The van der Waals surface area contributed by atoms with Gasteiger partial charge in [-0.1, -0.05) is 12.8 Å². The number of nitrogens with zero attached hydrogens (tertiary/aromatic N) is 2. The van der Waals surface area contributed by atoms with Crippen LogP contribution in [0.5, 0.6) is 0 Å². The molecule has 2 heterocycles. The summed E-state index contributed by atoms with van der Waals surface area (Å²) in [5.41, 5.74) is 0. The molecule has 29 heavy (non-hydrogen) atoms. The Morgan fingerprint density at radius 3 is 2.38 bits per heavy atom. The third kappa shape index (κ3) is 4.66. The number of piperidine rings is 1. The fraction of sp³-hybridized carbons (Fsp3) is 0.700. The first-order chi connectivity index (χ1) is 13.9. The number of hydrogen-bond donors (Lipinski definition) is 0. The van der Waals surface area contributed by atoms with Crippen molar-refractivity contribution in [3.8, 4) is 0 Å². The normalized spacial score (nSPS) is 19.4. The van der Waals surface area contributed by atoms with Crippen LogP contribution in [0.15, 0.2) is 21.6 Å². The molecule has 0 bridgehead atoms. The van der Waals surface area contributed by atoms with E-state index in [-0.39, 0.29) is 42.4 Å². The Hall–Kier alpha value is -1.87. The minimum Gasteiger partial charge on any atom is -0.460 e. The predicted octanol–water partition coefficient (Wildman–Crippen LogP) is 2.65. The minimum absolute atomic E-state index is 0.134. The standard InChI is InChI=1S/C20H30N2O6S/c1-3-22(16-7-5-6-8-16)19(23)15-11-13-21(14-12-15)29(25,26)18-10-9-17(28-18)20(24)27-4-2/h9-10,15-16H,3-8,11-14H2,1-2H3. The van der Waals surface area contributed by atoms with Crippen molar-refractivity contribution in [1.29, 1.82) is 0 Å². The number of esters is 1. The van der Waals surface area contributed by atoms with Crippen LogP contribution in [-0.4, -0.2) is 61.8 Å². The van der Waals surface area contributed by atoms with Crippen LogP contribution < -0.4 is 0 Å². The first-order valence-corrected chi connectivity index (χ1v) is 11.9. The summed E-state index contributed by atoms with van der Waals surface area (Å²) < 4.78 is 37.1. The first-order valence-electron chi connectivity index (χ1n) is 10.5. The highest BCUT2D eigenvalue weighted by atomic mass is 32.2. The Bertz CT molecular complexity index is 820. The topological polar surface area (TPSA) is 97.1 Å². The summed E-state index contributed by atoms with van der Waals surface area (Å²) in [6.45, 7) is 5.07. The van der Waals surface area contributed by atoms with Gasteiger partial charge >= 0.3 is 5.97 Å². The van der Waals surface area contributed by atoms with Crippen molar-refractivity contribution < 1.29 is 27.2 Å². The molecule has 8 nitrogen and oxygen atoms in total. The van der Waals surface area contributed by atoms with E-state index in [9.17, 15) is 18.0 Å². The molecule has 0 N–H and O–H groups in total. The van der Waals surface area contributed by atoms with Gasteiger partial charge in [-0.15, -0.1) is 0 Å². The summed E-state index contributed by atoms with van der Waals surface area (Å²) in [4.78, 5) is 26.7. The maximum atomic E-state index is 13.0. The van der Waals surface area contributed by atoms with Crippen LogP contribution in [0.4, 0.5) is 0 Å². The quantitative estimate of drug-likeness (QED) is 0.622. The van der Waals surface area contributed by atoms with Crippen molar-refractivity contribution in [1.82, 2.24) is 9.21 Å². The van der Waals surface area contributed by atoms with E-state index in [0.29, 0.717) is 25.4 Å². The Morgan fingerprint density at radius 1 is 1.14 bits per heavy atom. The average Bonchev–Trinajstić information content (AvgIpc) is 3.41. The van der Waals surface area contributed by atoms with Crippen LogP contribution in [-0.2, 0) is 19.6 Å². The largest absolute Gasteiger partial charge is 0.460 e. The van der Waals surface area contributed by atoms with Crippen molar-refractivity contribution in [3.63, 3.8) is 0 Å². The molecule has 1 saturated carbocycles. The molecule has 1 amide bonds. The summed E-state index contributed by atoms with van der Waals surface area (Å²) in [7, 11) is -3.85. The van der Waals surface area contributed by atoms with Gasteiger partial charge in [0.2, 0.25) is 16.8 Å². The van der Waals surface area contributed by atoms with E-state index in [0.717, 1.165) is 12.8 Å². The highest BCUT2D eigenvalue weighted by Crippen LogP contribution is 2.29. The van der Waals surface area contributed by atoms with E-state index in [1.54, 1.807) is 6.92 Å². The maximum Gasteiger partial charge on any atom is 0.374 e. The smallest absolute Gasteiger partial charge is 0.374 e.